The zero-order chi connectivity index (χ0) is 13.1. The molecule has 0 aliphatic carbocycles. The van der Waals surface area contributed by atoms with E-state index in [1.165, 1.54) is 16.7 Å². The number of hydrogen-bond acceptors (Lipinski definition) is 4. The number of benzene rings is 1. The zero-order valence-corrected chi connectivity index (χ0v) is 12.0. The van der Waals surface area contributed by atoms with Gasteiger partial charge in [0.15, 0.2) is 0 Å². The van der Waals surface area contributed by atoms with Gasteiger partial charge in [0.25, 0.3) is 0 Å². The number of thioether (sulfide) groups is 1. The highest BCUT2D eigenvalue weighted by Crippen LogP contribution is 2.31. The lowest BCUT2D eigenvalue weighted by Crippen LogP contribution is -2.16. The molecule has 1 aliphatic rings. The summed E-state index contributed by atoms with van der Waals surface area (Å²) >= 11 is 8.07. The zero-order valence-electron chi connectivity index (χ0n) is 10.4. The quantitative estimate of drug-likeness (QED) is 0.854. The van der Waals surface area contributed by atoms with Gasteiger partial charge in [0.1, 0.15) is 5.03 Å². The Hall–Kier alpha value is -1.04. The van der Waals surface area contributed by atoms with Gasteiger partial charge in [-0.05, 0) is 48.7 Å². The molecule has 0 saturated carbocycles. The molecule has 1 aromatic carbocycles. The summed E-state index contributed by atoms with van der Waals surface area (Å²) in [6.07, 6.45) is 3.87. The number of hydrogen-bond donors (Lipinski definition) is 2. The molecule has 19 heavy (non-hydrogen) atoms. The fourth-order valence-electron chi connectivity index (χ4n) is 2.38. The van der Waals surface area contributed by atoms with Crippen LogP contribution in [-0.2, 0) is 18.6 Å². The molecule has 0 unspecified atom stereocenters. The number of nitrogens with zero attached hydrogens (tertiary/aromatic N) is 2. The van der Waals surface area contributed by atoms with Crippen LogP contribution in [0, 0.1) is 0 Å². The fourth-order valence-corrected chi connectivity index (χ4v) is 3.56. The van der Waals surface area contributed by atoms with Gasteiger partial charge in [-0.1, -0.05) is 22.9 Å². The molecule has 2 N–H and O–H groups in total. The van der Waals surface area contributed by atoms with E-state index in [0.717, 1.165) is 41.7 Å². The van der Waals surface area contributed by atoms with Crippen molar-refractivity contribution in [3.8, 4) is 0 Å². The van der Waals surface area contributed by atoms with Gasteiger partial charge < -0.3 is 5.32 Å². The molecule has 1 aliphatic heterocycles. The van der Waals surface area contributed by atoms with Crippen molar-refractivity contribution in [2.45, 2.75) is 23.6 Å². The summed E-state index contributed by atoms with van der Waals surface area (Å²) in [6, 6.07) is 4.18. The van der Waals surface area contributed by atoms with Crippen molar-refractivity contribution in [2.75, 3.05) is 13.1 Å². The van der Waals surface area contributed by atoms with Gasteiger partial charge in [-0.25, -0.2) is 0 Å². The number of nitrogens with one attached hydrogen (secondary N) is 2. The standard InChI is InChI=1S/C13H15ClN4S/c14-12-2-1-9-3-5-15-6-4-10(9)11(12)8-19-13-7-16-18-17-13/h1-2,7,15H,3-6,8H2,(H,16,17,18). The minimum Gasteiger partial charge on any atom is -0.316 e. The topological polar surface area (TPSA) is 53.6 Å². The molecule has 0 fully saturated rings. The largest absolute Gasteiger partial charge is 0.316 e. The van der Waals surface area contributed by atoms with Crippen molar-refractivity contribution in [3.63, 3.8) is 0 Å². The van der Waals surface area contributed by atoms with Gasteiger partial charge in [0, 0.05) is 10.8 Å². The van der Waals surface area contributed by atoms with Crippen molar-refractivity contribution in [2.24, 2.45) is 0 Å². The molecular formula is C13H15ClN4S. The predicted molar refractivity (Wildman–Crippen MR) is 77.7 cm³/mol. The molecule has 2 aromatic rings. The molecule has 0 atom stereocenters. The average molecular weight is 295 g/mol. The Kier molecular flexibility index (Phi) is 4.06. The van der Waals surface area contributed by atoms with Gasteiger partial charge >= 0.3 is 0 Å². The Morgan fingerprint density at radius 2 is 2.16 bits per heavy atom. The summed E-state index contributed by atoms with van der Waals surface area (Å²) < 4.78 is 0. The van der Waals surface area contributed by atoms with Crippen LogP contribution in [0.15, 0.2) is 23.4 Å². The second-order valence-corrected chi connectivity index (χ2v) is 5.95. The van der Waals surface area contributed by atoms with Crippen LogP contribution in [0.25, 0.3) is 0 Å². The van der Waals surface area contributed by atoms with Gasteiger partial charge in [0.2, 0.25) is 0 Å². The van der Waals surface area contributed by atoms with Crippen LogP contribution in [0.2, 0.25) is 5.02 Å². The molecule has 0 spiro atoms. The van der Waals surface area contributed by atoms with Gasteiger partial charge in [-0.15, -0.1) is 16.9 Å². The van der Waals surface area contributed by atoms with Crippen LogP contribution >= 0.6 is 23.4 Å². The molecule has 0 radical (unpaired) electrons. The summed E-state index contributed by atoms with van der Waals surface area (Å²) in [5, 5.41) is 15.6. The minimum absolute atomic E-state index is 0.853. The average Bonchev–Trinajstić information content (AvgIpc) is 2.82. The SMILES string of the molecule is Clc1ccc2c(c1CSc1cnn[nH]1)CCNCC2. The molecule has 100 valence electrons. The summed E-state index contributed by atoms with van der Waals surface area (Å²) in [7, 11) is 0. The highest BCUT2D eigenvalue weighted by Gasteiger charge is 2.15. The van der Waals surface area contributed by atoms with Crippen molar-refractivity contribution in [3.05, 3.63) is 40.0 Å². The van der Waals surface area contributed by atoms with Crippen LogP contribution < -0.4 is 5.32 Å². The maximum absolute atomic E-state index is 6.38. The van der Waals surface area contributed by atoms with Crippen molar-refractivity contribution in [1.82, 2.24) is 20.7 Å². The van der Waals surface area contributed by atoms with Crippen LogP contribution in [0.5, 0.6) is 0 Å². The third-order valence-electron chi connectivity index (χ3n) is 3.36. The number of fused-ring (bicyclic) bond motifs is 1. The van der Waals surface area contributed by atoms with Crippen LogP contribution in [-0.4, -0.2) is 28.5 Å². The Bertz CT molecular complexity index is 556. The lowest BCUT2D eigenvalue weighted by Gasteiger charge is -2.13. The van der Waals surface area contributed by atoms with Gasteiger partial charge in [0.05, 0.1) is 6.20 Å². The molecule has 1 aromatic heterocycles. The maximum Gasteiger partial charge on any atom is 0.111 e. The summed E-state index contributed by atoms with van der Waals surface area (Å²) in [4.78, 5) is 0. The van der Waals surface area contributed by atoms with Gasteiger partial charge in [-0.3, -0.25) is 5.10 Å². The van der Waals surface area contributed by atoms with Crippen molar-refractivity contribution >= 4 is 23.4 Å². The van der Waals surface area contributed by atoms with E-state index in [9.17, 15) is 0 Å². The monoisotopic (exact) mass is 294 g/mol. The molecule has 2 heterocycles. The van der Waals surface area contributed by atoms with Crippen LogP contribution in [0.1, 0.15) is 16.7 Å². The predicted octanol–water partition coefficient (Wildman–Crippen LogP) is 2.44. The summed E-state index contributed by atoms with van der Waals surface area (Å²) in [6.45, 7) is 2.07. The summed E-state index contributed by atoms with van der Waals surface area (Å²) in [5.41, 5.74) is 4.09. The van der Waals surface area contributed by atoms with E-state index < -0.39 is 0 Å². The lowest BCUT2D eigenvalue weighted by atomic mass is 9.98. The number of aromatic amines is 1. The van der Waals surface area contributed by atoms with E-state index in [1.54, 1.807) is 18.0 Å². The number of halogens is 1. The van der Waals surface area contributed by atoms with Crippen LogP contribution in [0.4, 0.5) is 0 Å². The Morgan fingerprint density at radius 3 is 3.00 bits per heavy atom. The molecule has 0 bridgehead atoms. The Morgan fingerprint density at radius 1 is 1.26 bits per heavy atom. The fraction of sp³-hybridized carbons (Fsp3) is 0.385. The number of H-pyrrole nitrogens is 1. The van der Waals surface area contributed by atoms with E-state index in [1.807, 2.05) is 6.07 Å². The molecule has 0 amide bonds. The second kappa shape index (κ2) is 5.94. The molecule has 4 nitrogen and oxygen atoms in total. The van der Waals surface area contributed by atoms with E-state index in [0.29, 0.717) is 0 Å². The van der Waals surface area contributed by atoms with E-state index in [2.05, 4.69) is 26.8 Å². The molecule has 0 saturated heterocycles. The highest BCUT2D eigenvalue weighted by atomic mass is 35.5. The van der Waals surface area contributed by atoms with Crippen molar-refractivity contribution in [1.29, 1.82) is 0 Å². The second-order valence-electron chi connectivity index (χ2n) is 4.52. The van der Waals surface area contributed by atoms with Crippen molar-refractivity contribution < 1.29 is 0 Å². The molecule has 3 rings (SSSR count). The number of aromatic nitrogens is 3. The summed E-state index contributed by atoms with van der Waals surface area (Å²) in [5.74, 6) is 0.853. The smallest absolute Gasteiger partial charge is 0.111 e. The third kappa shape index (κ3) is 2.94. The maximum atomic E-state index is 6.38. The first-order valence-corrected chi connectivity index (χ1v) is 7.69. The minimum atomic E-state index is 0.853. The Labute approximate surface area is 121 Å². The van der Waals surface area contributed by atoms with Gasteiger partial charge in [-0.2, -0.15) is 0 Å². The highest BCUT2D eigenvalue weighted by molar-refractivity contribution is 7.98. The molecular weight excluding hydrogens is 280 g/mol. The molecule has 6 heteroatoms. The first-order valence-electron chi connectivity index (χ1n) is 6.33. The first kappa shape index (κ1) is 13.0. The van der Waals surface area contributed by atoms with E-state index in [-0.39, 0.29) is 0 Å². The Balaban J connectivity index is 1.86. The first-order chi connectivity index (χ1) is 9.34. The van der Waals surface area contributed by atoms with Crippen LogP contribution in [0.3, 0.4) is 0 Å². The normalized spacial score (nSPS) is 15.0. The number of rotatable bonds is 3. The lowest BCUT2D eigenvalue weighted by molar-refractivity contribution is 0.710. The van der Waals surface area contributed by atoms with E-state index >= 15 is 0 Å². The van der Waals surface area contributed by atoms with E-state index in [4.69, 9.17) is 11.6 Å². The third-order valence-corrected chi connectivity index (χ3v) is 4.65.